The van der Waals surface area contributed by atoms with E-state index in [1.165, 1.54) is 5.56 Å². The van der Waals surface area contributed by atoms with Crippen LogP contribution in [0, 0.1) is 0 Å². The quantitative estimate of drug-likeness (QED) is 0.649. The minimum Gasteiger partial charge on any atom is -0.355 e. The Bertz CT molecular complexity index is 702. The van der Waals surface area contributed by atoms with Crippen molar-refractivity contribution < 1.29 is 9.59 Å². The molecule has 2 aromatic carbocycles. The van der Waals surface area contributed by atoms with Gasteiger partial charge in [-0.25, -0.2) is 0 Å². The first kappa shape index (κ1) is 20.0. The fraction of sp³-hybridized carbons (Fsp3) is 0.333. The molecule has 1 unspecified atom stereocenters. The largest absolute Gasteiger partial charge is 0.355 e. The Morgan fingerprint density at radius 1 is 1.00 bits per heavy atom. The van der Waals surface area contributed by atoms with E-state index in [1.807, 2.05) is 18.2 Å². The van der Waals surface area contributed by atoms with Crippen LogP contribution >= 0.6 is 11.6 Å². The van der Waals surface area contributed by atoms with Gasteiger partial charge >= 0.3 is 0 Å². The normalized spacial score (nSPS) is 11.6. The molecule has 4 nitrogen and oxygen atoms in total. The molecule has 0 aliphatic rings. The third-order valence-electron chi connectivity index (χ3n) is 4.28. The van der Waals surface area contributed by atoms with Crippen LogP contribution in [0.2, 0.25) is 5.02 Å². The van der Waals surface area contributed by atoms with Crippen LogP contribution in [0.25, 0.3) is 0 Å². The summed E-state index contributed by atoms with van der Waals surface area (Å²) in [5.41, 5.74) is 1.80. The molecule has 2 aromatic rings. The van der Waals surface area contributed by atoms with Crippen LogP contribution < -0.4 is 10.6 Å². The van der Waals surface area contributed by atoms with E-state index in [-0.39, 0.29) is 11.8 Å². The molecule has 0 heterocycles. The summed E-state index contributed by atoms with van der Waals surface area (Å²) in [6.45, 7) is 3.22. The molecular weight excluding hydrogens is 348 g/mol. The van der Waals surface area contributed by atoms with Gasteiger partial charge in [0.2, 0.25) is 5.91 Å². The van der Waals surface area contributed by atoms with Crippen LogP contribution in [0.3, 0.4) is 0 Å². The van der Waals surface area contributed by atoms with Gasteiger partial charge in [-0.05, 0) is 42.7 Å². The number of nitrogens with one attached hydrogen (secondary N) is 2. The van der Waals surface area contributed by atoms with Crippen molar-refractivity contribution in [3.05, 3.63) is 70.7 Å². The summed E-state index contributed by atoms with van der Waals surface area (Å²) >= 11 is 5.80. The number of rotatable bonds is 9. The Hall–Kier alpha value is -2.33. The SMILES string of the molecule is CCC(CNC(=O)CCCNC(=O)c1ccc(Cl)cc1)c1ccccc1. The van der Waals surface area contributed by atoms with E-state index in [0.717, 1.165) is 6.42 Å². The van der Waals surface area contributed by atoms with Crippen molar-refractivity contribution in [2.75, 3.05) is 13.1 Å². The van der Waals surface area contributed by atoms with Crippen LogP contribution in [0.1, 0.15) is 48.0 Å². The molecule has 1 atom stereocenters. The van der Waals surface area contributed by atoms with E-state index in [2.05, 4.69) is 29.7 Å². The lowest BCUT2D eigenvalue weighted by Crippen LogP contribution is -2.30. The van der Waals surface area contributed by atoms with Gasteiger partial charge in [0.05, 0.1) is 0 Å². The Morgan fingerprint density at radius 2 is 1.69 bits per heavy atom. The summed E-state index contributed by atoms with van der Waals surface area (Å²) < 4.78 is 0. The fourth-order valence-electron chi connectivity index (χ4n) is 2.70. The molecular formula is C21H25ClN2O2. The van der Waals surface area contributed by atoms with Crippen molar-refractivity contribution in [2.45, 2.75) is 32.1 Å². The molecule has 0 spiro atoms. The van der Waals surface area contributed by atoms with E-state index in [4.69, 9.17) is 11.6 Å². The topological polar surface area (TPSA) is 58.2 Å². The van der Waals surface area contributed by atoms with E-state index < -0.39 is 0 Å². The minimum absolute atomic E-state index is 0.0140. The molecule has 0 aromatic heterocycles. The number of hydrogen-bond donors (Lipinski definition) is 2. The highest BCUT2D eigenvalue weighted by atomic mass is 35.5. The van der Waals surface area contributed by atoms with E-state index in [1.54, 1.807) is 24.3 Å². The summed E-state index contributed by atoms with van der Waals surface area (Å²) in [5.74, 6) is 0.182. The van der Waals surface area contributed by atoms with Crippen molar-refractivity contribution in [3.63, 3.8) is 0 Å². The highest BCUT2D eigenvalue weighted by molar-refractivity contribution is 6.30. The van der Waals surface area contributed by atoms with Gasteiger partial charge in [0.15, 0.2) is 0 Å². The number of hydrogen-bond acceptors (Lipinski definition) is 2. The summed E-state index contributed by atoms with van der Waals surface area (Å²) in [6.07, 6.45) is 1.97. The molecule has 2 amide bonds. The second-order valence-electron chi connectivity index (χ2n) is 6.19. The Balaban J connectivity index is 1.65. The lowest BCUT2D eigenvalue weighted by Gasteiger charge is -2.16. The number of benzene rings is 2. The molecule has 0 saturated heterocycles. The van der Waals surface area contributed by atoms with Crippen LogP contribution in [-0.2, 0) is 4.79 Å². The predicted octanol–water partition coefficient (Wildman–Crippen LogP) is 4.16. The van der Waals surface area contributed by atoms with Gasteiger partial charge in [-0.15, -0.1) is 0 Å². The van der Waals surface area contributed by atoms with Crippen molar-refractivity contribution in [1.29, 1.82) is 0 Å². The first-order valence-electron chi connectivity index (χ1n) is 8.95. The molecule has 0 radical (unpaired) electrons. The molecule has 2 N–H and O–H groups in total. The van der Waals surface area contributed by atoms with Crippen molar-refractivity contribution in [1.82, 2.24) is 10.6 Å². The van der Waals surface area contributed by atoms with Gasteiger partial charge < -0.3 is 10.6 Å². The smallest absolute Gasteiger partial charge is 0.251 e. The maximum absolute atomic E-state index is 12.0. The van der Waals surface area contributed by atoms with Crippen molar-refractivity contribution in [3.8, 4) is 0 Å². The molecule has 0 aliphatic carbocycles. The Morgan fingerprint density at radius 3 is 2.35 bits per heavy atom. The fourth-order valence-corrected chi connectivity index (χ4v) is 2.83. The lowest BCUT2D eigenvalue weighted by molar-refractivity contribution is -0.121. The maximum Gasteiger partial charge on any atom is 0.251 e. The van der Waals surface area contributed by atoms with E-state index in [0.29, 0.717) is 42.4 Å². The molecule has 26 heavy (non-hydrogen) atoms. The zero-order valence-corrected chi connectivity index (χ0v) is 15.8. The highest BCUT2D eigenvalue weighted by Gasteiger charge is 2.11. The molecule has 2 rings (SSSR count). The van der Waals surface area contributed by atoms with Crippen LogP contribution in [-0.4, -0.2) is 24.9 Å². The first-order chi connectivity index (χ1) is 12.6. The third kappa shape index (κ3) is 6.52. The zero-order chi connectivity index (χ0) is 18.8. The number of amides is 2. The van der Waals surface area contributed by atoms with Gasteiger partial charge in [0, 0.05) is 36.0 Å². The van der Waals surface area contributed by atoms with Gasteiger partial charge in [0.1, 0.15) is 0 Å². The molecule has 138 valence electrons. The minimum atomic E-state index is -0.155. The zero-order valence-electron chi connectivity index (χ0n) is 15.0. The van der Waals surface area contributed by atoms with Gasteiger partial charge in [-0.1, -0.05) is 48.9 Å². The monoisotopic (exact) mass is 372 g/mol. The van der Waals surface area contributed by atoms with Crippen molar-refractivity contribution >= 4 is 23.4 Å². The first-order valence-corrected chi connectivity index (χ1v) is 9.33. The average Bonchev–Trinajstić information content (AvgIpc) is 2.67. The second-order valence-corrected chi connectivity index (χ2v) is 6.62. The number of halogens is 1. The number of carbonyl (C=O) groups excluding carboxylic acids is 2. The Labute approximate surface area is 159 Å². The molecule has 5 heteroatoms. The van der Waals surface area contributed by atoms with Crippen LogP contribution in [0.15, 0.2) is 54.6 Å². The Kier molecular flexibility index (Phi) is 8.16. The average molecular weight is 373 g/mol. The van der Waals surface area contributed by atoms with E-state index >= 15 is 0 Å². The summed E-state index contributed by atoms with van der Waals surface area (Å²) in [7, 11) is 0. The molecule has 0 saturated carbocycles. The number of carbonyl (C=O) groups is 2. The van der Waals surface area contributed by atoms with E-state index in [9.17, 15) is 9.59 Å². The van der Waals surface area contributed by atoms with Gasteiger partial charge in [-0.2, -0.15) is 0 Å². The summed E-state index contributed by atoms with van der Waals surface area (Å²) in [5, 5.41) is 6.40. The highest BCUT2D eigenvalue weighted by Crippen LogP contribution is 2.17. The van der Waals surface area contributed by atoms with Gasteiger partial charge in [-0.3, -0.25) is 9.59 Å². The second kappa shape index (κ2) is 10.6. The maximum atomic E-state index is 12.0. The molecule has 0 aliphatic heterocycles. The predicted molar refractivity (Wildman–Crippen MR) is 106 cm³/mol. The summed E-state index contributed by atoms with van der Waals surface area (Å²) in [6, 6.07) is 16.9. The van der Waals surface area contributed by atoms with Crippen LogP contribution in [0.5, 0.6) is 0 Å². The molecule has 0 bridgehead atoms. The lowest BCUT2D eigenvalue weighted by atomic mass is 9.96. The van der Waals surface area contributed by atoms with Crippen LogP contribution in [0.4, 0.5) is 0 Å². The summed E-state index contributed by atoms with van der Waals surface area (Å²) in [4.78, 5) is 24.0. The molecule has 0 fully saturated rings. The van der Waals surface area contributed by atoms with Gasteiger partial charge in [0.25, 0.3) is 5.91 Å². The van der Waals surface area contributed by atoms with Crippen molar-refractivity contribution in [2.24, 2.45) is 0 Å². The third-order valence-corrected chi connectivity index (χ3v) is 4.53. The standard InChI is InChI=1S/C21H25ClN2O2/c1-2-16(17-7-4-3-5-8-17)15-24-20(25)9-6-14-23-21(26)18-10-12-19(22)13-11-18/h3-5,7-8,10-13,16H,2,6,9,14-15H2,1H3,(H,23,26)(H,24,25).